The summed E-state index contributed by atoms with van der Waals surface area (Å²) in [7, 11) is 1.64. The summed E-state index contributed by atoms with van der Waals surface area (Å²) in [6.07, 6.45) is 0. The van der Waals surface area contributed by atoms with E-state index in [-0.39, 0.29) is 24.9 Å². The van der Waals surface area contributed by atoms with Crippen molar-refractivity contribution in [1.82, 2.24) is 15.1 Å². The Balaban J connectivity index is 0.00000289. The van der Waals surface area contributed by atoms with Crippen LogP contribution in [0.15, 0.2) is 0 Å². The van der Waals surface area contributed by atoms with Gasteiger partial charge in [-0.25, -0.2) is 0 Å². The van der Waals surface area contributed by atoms with Crippen molar-refractivity contribution in [2.75, 3.05) is 66.1 Å². The summed E-state index contributed by atoms with van der Waals surface area (Å²) < 4.78 is 4.89. The average Bonchev–Trinajstić information content (AvgIpc) is 2.36. The van der Waals surface area contributed by atoms with E-state index in [1.807, 2.05) is 4.90 Å². The topological polar surface area (TPSA) is 65.0 Å². The molecule has 2 N–H and O–H groups in total. The molecule has 0 saturated carbocycles. The summed E-state index contributed by atoms with van der Waals surface area (Å²) in [6, 6.07) is 0. The number of aliphatic hydroxyl groups is 1. The molecule has 1 fully saturated rings. The first-order valence-corrected chi connectivity index (χ1v) is 6.08. The molecule has 0 radical (unpaired) electrons. The van der Waals surface area contributed by atoms with Crippen LogP contribution in [0.4, 0.5) is 0 Å². The molecular formula is C11H24ClN3O3. The summed E-state index contributed by atoms with van der Waals surface area (Å²) in [4.78, 5) is 15.8. The molecule has 18 heavy (non-hydrogen) atoms. The van der Waals surface area contributed by atoms with Crippen LogP contribution < -0.4 is 5.32 Å². The van der Waals surface area contributed by atoms with Crippen LogP contribution in [0.2, 0.25) is 0 Å². The lowest BCUT2D eigenvalue weighted by Gasteiger charge is -2.34. The number of aliphatic hydroxyl groups excluding tert-OH is 1. The minimum Gasteiger partial charge on any atom is -0.395 e. The van der Waals surface area contributed by atoms with E-state index in [0.29, 0.717) is 26.2 Å². The number of carbonyl (C=O) groups is 1. The Morgan fingerprint density at radius 1 is 1.33 bits per heavy atom. The average molecular weight is 282 g/mol. The highest BCUT2D eigenvalue weighted by Gasteiger charge is 2.19. The summed E-state index contributed by atoms with van der Waals surface area (Å²) in [6.45, 7) is 5.80. The predicted octanol–water partition coefficient (Wildman–Crippen LogP) is -1.22. The number of hydrogen-bond acceptors (Lipinski definition) is 5. The minimum atomic E-state index is 0. The van der Waals surface area contributed by atoms with Crippen LogP contribution in [-0.4, -0.2) is 87.0 Å². The van der Waals surface area contributed by atoms with Gasteiger partial charge in [-0.1, -0.05) is 0 Å². The van der Waals surface area contributed by atoms with Crippen LogP contribution in [0.3, 0.4) is 0 Å². The van der Waals surface area contributed by atoms with Gasteiger partial charge in [-0.2, -0.15) is 0 Å². The number of nitrogens with zero attached hydrogens (tertiary/aromatic N) is 2. The fourth-order valence-electron chi connectivity index (χ4n) is 1.84. The van der Waals surface area contributed by atoms with Gasteiger partial charge in [-0.3, -0.25) is 9.69 Å². The molecule has 0 aromatic rings. The second kappa shape index (κ2) is 10.5. The van der Waals surface area contributed by atoms with Crippen LogP contribution >= 0.6 is 12.4 Å². The molecule has 0 atom stereocenters. The Bertz CT molecular complexity index is 224. The van der Waals surface area contributed by atoms with Gasteiger partial charge in [0.05, 0.1) is 19.8 Å². The SMILES string of the molecule is COCCNCC(=O)N1CCN(CCO)CC1.Cl. The molecule has 0 unspecified atom stereocenters. The van der Waals surface area contributed by atoms with Crippen molar-refractivity contribution in [2.24, 2.45) is 0 Å². The zero-order valence-electron chi connectivity index (χ0n) is 10.9. The molecule has 0 aliphatic carbocycles. The normalized spacial score (nSPS) is 16.4. The minimum absolute atomic E-state index is 0. The molecule has 108 valence electrons. The van der Waals surface area contributed by atoms with Crippen molar-refractivity contribution in [1.29, 1.82) is 0 Å². The molecule has 7 heteroatoms. The molecule has 0 spiro atoms. The smallest absolute Gasteiger partial charge is 0.236 e. The first-order chi connectivity index (χ1) is 8.27. The lowest BCUT2D eigenvalue weighted by Crippen LogP contribution is -2.51. The van der Waals surface area contributed by atoms with E-state index in [9.17, 15) is 4.79 Å². The van der Waals surface area contributed by atoms with Crippen LogP contribution in [0.5, 0.6) is 0 Å². The second-order valence-electron chi connectivity index (χ2n) is 4.12. The number of rotatable bonds is 7. The van der Waals surface area contributed by atoms with Crippen molar-refractivity contribution in [3.8, 4) is 0 Å². The first-order valence-electron chi connectivity index (χ1n) is 6.08. The summed E-state index contributed by atoms with van der Waals surface area (Å²) in [5.41, 5.74) is 0. The molecule has 0 bridgehead atoms. The standard InChI is InChI=1S/C11H23N3O3.ClH/c1-17-9-2-12-10-11(16)14-5-3-13(4-6-14)7-8-15;/h12,15H,2-10H2,1H3;1H. The number of β-amino-alcohol motifs (C(OH)–C–C–N with tert-alkyl or cyclic N) is 1. The lowest BCUT2D eigenvalue weighted by atomic mass is 10.3. The predicted molar refractivity (Wildman–Crippen MR) is 72.1 cm³/mol. The van der Waals surface area contributed by atoms with Gasteiger partial charge < -0.3 is 20.1 Å². The van der Waals surface area contributed by atoms with Gasteiger partial charge in [0.1, 0.15) is 0 Å². The number of amides is 1. The van der Waals surface area contributed by atoms with Crippen LogP contribution in [0.1, 0.15) is 0 Å². The first kappa shape index (κ1) is 17.6. The maximum absolute atomic E-state index is 11.8. The number of methoxy groups -OCH3 is 1. The number of halogens is 1. The fraction of sp³-hybridized carbons (Fsp3) is 0.909. The number of ether oxygens (including phenoxy) is 1. The fourth-order valence-corrected chi connectivity index (χ4v) is 1.84. The van der Waals surface area contributed by atoms with Gasteiger partial charge >= 0.3 is 0 Å². The highest BCUT2D eigenvalue weighted by molar-refractivity contribution is 5.85. The third kappa shape index (κ3) is 6.51. The maximum atomic E-state index is 11.8. The lowest BCUT2D eigenvalue weighted by molar-refractivity contribution is -0.132. The molecule has 1 rings (SSSR count). The molecule has 1 aliphatic heterocycles. The van der Waals surface area contributed by atoms with E-state index in [4.69, 9.17) is 9.84 Å². The molecule has 1 heterocycles. The maximum Gasteiger partial charge on any atom is 0.236 e. The highest BCUT2D eigenvalue weighted by Crippen LogP contribution is 2.01. The Labute approximate surface area is 115 Å². The third-order valence-electron chi connectivity index (χ3n) is 2.90. The van der Waals surface area contributed by atoms with Gasteiger partial charge in [-0.15, -0.1) is 12.4 Å². The molecular weight excluding hydrogens is 258 g/mol. The van der Waals surface area contributed by atoms with Crippen molar-refractivity contribution >= 4 is 18.3 Å². The van der Waals surface area contributed by atoms with Gasteiger partial charge in [0.25, 0.3) is 0 Å². The van der Waals surface area contributed by atoms with E-state index in [1.165, 1.54) is 0 Å². The molecule has 0 aromatic heterocycles. The van der Waals surface area contributed by atoms with Crippen LogP contribution in [0, 0.1) is 0 Å². The van der Waals surface area contributed by atoms with Crippen molar-refractivity contribution in [3.63, 3.8) is 0 Å². The van der Waals surface area contributed by atoms with E-state index in [2.05, 4.69) is 10.2 Å². The van der Waals surface area contributed by atoms with Gasteiger partial charge in [0.2, 0.25) is 5.91 Å². The van der Waals surface area contributed by atoms with E-state index < -0.39 is 0 Å². The van der Waals surface area contributed by atoms with Crippen molar-refractivity contribution < 1.29 is 14.6 Å². The zero-order chi connectivity index (χ0) is 12.5. The van der Waals surface area contributed by atoms with Crippen molar-refractivity contribution in [3.05, 3.63) is 0 Å². The highest BCUT2D eigenvalue weighted by atomic mass is 35.5. The van der Waals surface area contributed by atoms with Gasteiger partial charge in [-0.05, 0) is 0 Å². The zero-order valence-corrected chi connectivity index (χ0v) is 11.7. The molecule has 1 aliphatic rings. The Morgan fingerprint density at radius 3 is 2.56 bits per heavy atom. The Hall–Kier alpha value is -0.400. The van der Waals surface area contributed by atoms with E-state index in [1.54, 1.807) is 7.11 Å². The number of piperazine rings is 1. The third-order valence-corrected chi connectivity index (χ3v) is 2.90. The molecule has 6 nitrogen and oxygen atoms in total. The number of hydrogen-bond donors (Lipinski definition) is 2. The van der Waals surface area contributed by atoms with Gasteiger partial charge in [0, 0.05) is 46.4 Å². The largest absolute Gasteiger partial charge is 0.395 e. The van der Waals surface area contributed by atoms with Crippen molar-refractivity contribution in [2.45, 2.75) is 0 Å². The van der Waals surface area contributed by atoms with E-state index >= 15 is 0 Å². The van der Waals surface area contributed by atoms with Crippen LogP contribution in [0.25, 0.3) is 0 Å². The second-order valence-corrected chi connectivity index (χ2v) is 4.12. The summed E-state index contributed by atoms with van der Waals surface area (Å²) >= 11 is 0. The summed E-state index contributed by atoms with van der Waals surface area (Å²) in [5, 5.41) is 11.9. The number of carbonyl (C=O) groups excluding carboxylic acids is 1. The monoisotopic (exact) mass is 281 g/mol. The number of nitrogens with one attached hydrogen (secondary N) is 1. The molecule has 1 saturated heterocycles. The molecule has 1 amide bonds. The molecule has 0 aromatic carbocycles. The summed E-state index contributed by atoms with van der Waals surface area (Å²) in [5.74, 6) is 0.143. The van der Waals surface area contributed by atoms with E-state index in [0.717, 1.165) is 26.2 Å². The Morgan fingerprint density at radius 2 is 2.00 bits per heavy atom. The van der Waals surface area contributed by atoms with Crippen LogP contribution in [-0.2, 0) is 9.53 Å². The van der Waals surface area contributed by atoms with Gasteiger partial charge in [0.15, 0.2) is 0 Å². The Kier molecular flexibility index (Phi) is 10.3. The quantitative estimate of drug-likeness (QED) is 0.573.